The van der Waals surface area contributed by atoms with Crippen molar-refractivity contribution in [2.24, 2.45) is 0 Å². The average Bonchev–Trinajstić information content (AvgIpc) is 3.41. The van der Waals surface area contributed by atoms with Crippen molar-refractivity contribution in [2.75, 3.05) is 5.75 Å². The molecule has 1 unspecified atom stereocenters. The second-order valence-corrected chi connectivity index (χ2v) is 9.31. The zero-order valence-corrected chi connectivity index (χ0v) is 18.5. The number of aromatic nitrogens is 4. The van der Waals surface area contributed by atoms with Gasteiger partial charge in [-0.3, -0.25) is 4.79 Å². The lowest BCUT2D eigenvalue weighted by Gasteiger charge is -2.21. The molecule has 0 N–H and O–H groups in total. The third-order valence-electron chi connectivity index (χ3n) is 5.26. The van der Waals surface area contributed by atoms with Crippen LogP contribution < -0.4 is 0 Å². The first kappa shape index (κ1) is 20.8. The van der Waals surface area contributed by atoms with Crippen molar-refractivity contribution in [1.82, 2.24) is 19.7 Å². The van der Waals surface area contributed by atoms with Crippen LogP contribution >= 0.6 is 23.1 Å². The van der Waals surface area contributed by atoms with Crippen LogP contribution in [0.2, 0.25) is 0 Å². The van der Waals surface area contributed by atoms with E-state index in [0.717, 1.165) is 30.0 Å². The molecule has 0 spiro atoms. The van der Waals surface area contributed by atoms with Crippen LogP contribution in [0.4, 0.5) is 0 Å². The lowest BCUT2D eigenvalue weighted by atomic mass is 9.88. The number of hydrogen-bond acceptors (Lipinski definition) is 7. The standard InChI is InChI=1S/C22H23N5OS2/c1-15-13-29-21(24-15)18(12-23)19(28)14-30-22-25-20(16-8-4-2-5-9-16)27(26-22)17-10-6-3-7-11-17/h3,6-7,10-11,13,16,18H,2,4-5,8-9,14H2,1H3. The summed E-state index contributed by atoms with van der Waals surface area (Å²) < 4.78 is 1.93. The van der Waals surface area contributed by atoms with Gasteiger partial charge in [0.2, 0.25) is 5.16 Å². The molecule has 2 aromatic heterocycles. The van der Waals surface area contributed by atoms with Crippen LogP contribution in [-0.2, 0) is 4.79 Å². The Kier molecular flexibility index (Phi) is 6.60. The summed E-state index contributed by atoms with van der Waals surface area (Å²) in [7, 11) is 0. The molecule has 6 nitrogen and oxygen atoms in total. The number of aryl methyl sites for hydroxylation is 1. The summed E-state index contributed by atoms with van der Waals surface area (Å²) >= 11 is 2.66. The fourth-order valence-corrected chi connectivity index (χ4v) is 5.33. The number of para-hydroxylation sites is 1. The van der Waals surface area contributed by atoms with Crippen LogP contribution in [0.1, 0.15) is 60.5 Å². The molecule has 1 fully saturated rings. The second-order valence-electron chi connectivity index (χ2n) is 7.48. The molecule has 1 atom stereocenters. The number of Topliss-reactive ketones (excluding diaryl/α,β-unsaturated/α-hetero) is 1. The van der Waals surface area contributed by atoms with E-state index >= 15 is 0 Å². The second kappa shape index (κ2) is 9.54. The van der Waals surface area contributed by atoms with Crippen LogP contribution in [0.3, 0.4) is 0 Å². The number of thiazole rings is 1. The molecule has 30 heavy (non-hydrogen) atoms. The van der Waals surface area contributed by atoms with E-state index in [-0.39, 0.29) is 11.5 Å². The average molecular weight is 438 g/mol. The predicted molar refractivity (Wildman–Crippen MR) is 118 cm³/mol. The molecule has 0 aliphatic heterocycles. The number of carbonyl (C=O) groups is 1. The van der Waals surface area contributed by atoms with Crippen molar-refractivity contribution in [2.45, 2.75) is 56.0 Å². The fraction of sp³-hybridized carbons (Fsp3) is 0.409. The maximum Gasteiger partial charge on any atom is 0.209 e. The lowest BCUT2D eigenvalue weighted by molar-refractivity contribution is -0.116. The van der Waals surface area contributed by atoms with Gasteiger partial charge >= 0.3 is 0 Å². The van der Waals surface area contributed by atoms with E-state index in [4.69, 9.17) is 10.1 Å². The summed E-state index contributed by atoms with van der Waals surface area (Å²) in [6.07, 6.45) is 5.94. The molecule has 2 heterocycles. The Balaban J connectivity index is 1.53. The number of benzene rings is 1. The highest BCUT2D eigenvalue weighted by Crippen LogP contribution is 2.34. The largest absolute Gasteiger partial charge is 0.297 e. The van der Waals surface area contributed by atoms with Crippen molar-refractivity contribution >= 4 is 28.9 Å². The highest BCUT2D eigenvalue weighted by molar-refractivity contribution is 7.99. The molecule has 1 saturated carbocycles. The maximum atomic E-state index is 12.7. The molecule has 3 aromatic rings. The maximum absolute atomic E-state index is 12.7. The molecule has 0 amide bonds. The van der Waals surface area contributed by atoms with Crippen molar-refractivity contribution in [1.29, 1.82) is 5.26 Å². The van der Waals surface area contributed by atoms with E-state index in [1.165, 1.54) is 42.4 Å². The van der Waals surface area contributed by atoms with Gasteiger partial charge in [0.25, 0.3) is 0 Å². The molecule has 1 aliphatic carbocycles. The van der Waals surface area contributed by atoms with Crippen LogP contribution in [0, 0.1) is 18.3 Å². The zero-order chi connectivity index (χ0) is 20.9. The normalized spacial score (nSPS) is 15.6. The summed E-state index contributed by atoms with van der Waals surface area (Å²) in [5.74, 6) is 0.530. The number of carbonyl (C=O) groups excluding carboxylic acids is 1. The highest BCUT2D eigenvalue weighted by Gasteiger charge is 2.26. The van der Waals surface area contributed by atoms with Gasteiger partial charge < -0.3 is 0 Å². The first-order valence-corrected chi connectivity index (χ1v) is 12.0. The summed E-state index contributed by atoms with van der Waals surface area (Å²) in [6, 6.07) is 12.1. The molecule has 154 valence electrons. The number of rotatable bonds is 7. The molecule has 1 aromatic carbocycles. The zero-order valence-electron chi connectivity index (χ0n) is 16.8. The smallest absolute Gasteiger partial charge is 0.209 e. The van der Waals surface area contributed by atoms with Gasteiger partial charge in [0.1, 0.15) is 10.8 Å². The van der Waals surface area contributed by atoms with Gasteiger partial charge in [0.15, 0.2) is 11.7 Å². The molecule has 4 rings (SSSR count). The Morgan fingerprint density at radius 2 is 2.03 bits per heavy atom. The fourth-order valence-electron chi connectivity index (χ4n) is 3.74. The molecule has 0 radical (unpaired) electrons. The summed E-state index contributed by atoms with van der Waals surface area (Å²) in [5, 5.41) is 17.2. The third kappa shape index (κ3) is 4.63. The van der Waals surface area contributed by atoms with Gasteiger partial charge in [0.05, 0.1) is 17.5 Å². The number of hydrogen-bond donors (Lipinski definition) is 0. The van der Waals surface area contributed by atoms with Crippen LogP contribution in [0.5, 0.6) is 0 Å². The van der Waals surface area contributed by atoms with Gasteiger partial charge in [-0.25, -0.2) is 14.6 Å². The molecular weight excluding hydrogens is 414 g/mol. The predicted octanol–water partition coefficient (Wildman–Crippen LogP) is 5.05. The van der Waals surface area contributed by atoms with E-state index in [2.05, 4.69) is 11.1 Å². The Hall–Kier alpha value is -2.50. The first-order valence-electron chi connectivity index (χ1n) is 10.1. The molecule has 8 heteroatoms. The van der Waals surface area contributed by atoms with Gasteiger partial charge in [-0.05, 0) is 31.9 Å². The van der Waals surface area contributed by atoms with E-state index in [9.17, 15) is 10.1 Å². The molecule has 1 aliphatic rings. The quantitative estimate of drug-likeness (QED) is 0.481. The summed E-state index contributed by atoms with van der Waals surface area (Å²) in [4.78, 5) is 21.8. The molecule has 0 bridgehead atoms. The summed E-state index contributed by atoms with van der Waals surface area (Å²) in [5.41, 5.74) is 1.81. The lowest BCUT2D eigenvalue weighted by Crippen LogP contribution is -2.13. The van der Waals surface area contributed by atoms with Gasteiger partial charge in [-0.2, -0.15) is 5.26 Å². The van der Waals surface area contributed by atoms with E-state index < -0.39 is 5.92 Å². The SMILES string of the molecule is Cc1csc(C(C#N)C(=O)CSc2nc(C3CCCCC3)n(-c3ccccc3)n2)n1. The number of thioether (sulfide) groups is 1. The van der Waals surface area contributed by atoms with Gasteiger partial charge in [-0.15, -0.1) is 16.4 Å². The number of nitrogens with zero attached hydrogens (tertiary/aromatic N) is 5. The van der Waals surface area contributed by atoms with Gasteiger partial charge in [-0.1, -0.05) is 49.2 Å². The molecular formula is C22H23N5OS2. The van der Waals surface area contributed by atoms with Gasteiger partial charge in [0, 0.05) is 17.0 Å². The van der Waals surface area contributed by atoms with Crippen molar-refractivity contribution < 1.29 is 4.79 Å². The third-order valence-corrected chi connectivity index (χ3v) is 7.15. The first-order chi connectivity index (χ1) is 14.7. The summed E-state index contributed by atoms with van der Waals surface area (Å²) in [6.45, 7) is 1.86. The van der Waals surface area contributed by atoms with E-state index in [1.807, 2.05) is 47.3 Å². The molecule has 0 saturated heterocycles. The van der Waals surface area contributed by atoms with Crippen molar-refractivity contribution in [3.63, 3.8) is 0 Å². The van der Waals surface area contributed by atoms with E-state index in [0.29, 0.717) is 16.1 Å². The van der Waals surface area contributed by atoms with Crippen molar-refractivity contribution in [3.05, 3.63) is 52.2 Å². The number of nitriles is 1. The Morgan fingerprint density at radius 3 is 2.70 bits per heavy atom. The van der Waals surface area contributed by atoms with Crippen LogP contribution in [0.15, 0.2) is 40.9 Å². The van der Waals surface area contributed by atoms with E-state index in [1.54, 1.807) is 0 Å². The monoisotopic (exact) mass is 437 g/mol. The van der Waals surface area contributed by atoms with Crippen LogP contribution in [-0.4, -0.2) is 31.3 Å². The topological polar surface area (TPSA) is 84.5 Å². The minimum atomic E-state index is -0.828. The minimum Gasteiger partial charge on any atom is -0.297 e. The Morgan fingerprint density at radius 1 is 1.27 bits per heavy atom. The minimum absolute atomic E-state index is 0.153. The van der Waals surface area contributed by atoms with Crippen LogP contribution in [0.25, 0.3) is 5.69 Å². The van der Waals surface area contributed by atoms with Crippen molar-refractivity contribution in [3.8, 4) is 11.8 Å². The Labute approximate surface area is 184 Å². The number of ketones is 1. The highest BCUT2D eigenvalue weighted by atomic mass is 32.2. The Bertz CT molecular complexity index is 1050.